The van der Waals surface area contributed by atoms with E-state index < -0.39 is 17.4 Å². The SMILES string of the molecule is CC(C)Cc1nc(-c2cccnc2)oc1C(=O)C(CCc1ccccc1)NC(=O)CCC(C)(C)C(N)=O. The second-order valence-electron chi connectivity index (χ2n) is 10.4. The van der Waals surface area contributed by atoms with Crippen molar-refractivity contribution in [2.24, 2.45) is 17.1 Å². The van der Waals surface area contributed by atoms with Gasteiger partial charge in [-0.25, -0.2) is 4.98 Å². The van der Waals surface area contributed by atoms with Crippen LogP contribution in [0.2, 0.25) is 0 Å². The van der Waals surface area contributed by atoms with E-state index in [-0.39, 0.29) is 36.2 Å². The highest BCUT2D eigenvalue weighted by Crippen LogP contribution is 2.26. The second-order valence-corrected chi connectivity index (χ2v) is 10.4. The molecule has 0 fully saturated rings. The number of nitrogens with zero attached hydrogens (tertiary/aromatic N) is 2. The van der Waals surface area contributed by atoms with E-state index in [0.29, 0.717) is 36.4 Å². The minimum Gasteiger partial charge on any atom is -0.433 e. The van der Waals surface area contributed by atoms with Crippen molar-refractivity contribution in [3.8, 4) is 11.5 Å². The summed E-state index contributed by atoms with van der Waals surface area (Å²) in [5, 5.41) is 2.89. The Bertz CT molecular complexity index is 1200. The first kappa shape index (κ1) is 27.8. The predicted octanol–water partition coefficient (Wildman–Crippen LogP) is 4.53. The molecule has 0 aliphatic carbocycles. The second kappa shape index (κ2) is 12.4. The topological polar surface area (TPSA) is 128 Å². The number of hydrogen-bond acceptors (Lipinski definition) is 6. The largest absolute Gasteiger partial charge is 0.433 e. The number of hydrogen-bond donors (Lipinski definition) is 2. The molecule has 0 aliphatic rings. The lowest BCUT2D eigenvalue weighted by molar-refractivity contribution is -0.127. The zero-order valence-electron chi connectivity index (χ0n) is 22.0. The highest BCUT2D eigenvalue weighted by atomic mass is 16.4. The van der Waals surface area contributed by atoms with Crippen LogP contribution in [0.25, 0.3) is 11.5 Å². The molecule has 1 unspecified atom stereocenters. The van der Waals surface area contributed by atoms with Crippen LogP contribution in [0.1, 0.15) is 68.8 Å². The monoisotopic (exact) mass is 504 g/mol. The van der Waals surface area contributed by atoms with Crippen LogP contribution in [-0.4, -0.2) is 33.6 Å². The van der Waals surface area contributed by atoms with Gasteiger partial charge in [0.25, 0.3) is 0 Å². The van der Waals surface area contributed by atoms with Crippen LogP contribution in [0, 0.1) is 11.3 Å². The number of aryl methyl sites for hydroxylation is 1. The molecule has 3 rings (SSSR count). The van der Waals surface area contributed by atoms with E-state index >= 15 is 0 Å². The number of ketones is 1. The third-order valence-corrected chi connectivity index (χ3v) is 6.29. The summed E-state index contributed by atoms with van der Waals surface area (Å²) >= 11 is 0. The van der Waals surface area contributed by atoms with Crippen LogP contribution in [0.4, 0.5) is 0 Å². The lowest BCUT2D eigenvalue weighted by atomic mass is 9.87. The van der Waals surface area contributed by atoms with Gasteiger partial charge in [0.05, 0.1) is 17.3 Å². The number of pyridine rings is 1. The molecule has 8 nitrogen and oxygen atoms in total. The minimum atomic E-state index is -0.825. The maximum Gasteiger partial charge on any atom is 0.228 e. The fourth-order valence-corrected chi connectivity index (χ4v) is 3.88. The molecule has 0 aliphatic heterocycles. The van der Waals surface area contributed by atoms with Crippen LogP contribution in [-0.2, 0) is 22.4 Å². The van der Waals surface area contributed by atoms with Crippen LogP contribution < -0.4 is 11.1 Å². The summed E-state index contributed by atoms with van der Waals surface area (Å²) in [4.78, 5) is 47.1. The van der Waals surface area contributed by atoms with Crippen molar-refractivity contribution in [3.05, 3.63) is 71.9 Å². The first-order valence-electron chi connectivity index (χ1n) is 12.6. The van der Waals surface area contributed by atoms with E-state index in [2.05, 4.69) is 15.3 Å². The van der Waals surface area contributed by atoms with Gasteiger partial charge in [-0.3, -0.25) is 19.4 Å². The minimum absolute atomic E-state index is 0.0707. The van der Waals surface area contributed by atoms with E-state index in [9.17, 15) is 14.4 Å². The molecular weight excluding hydrogens is 468 g/mol. The average Bonchev–Trinajstić information content (AvgIpc) is 3.29. The number of carbonyl (C=O) groups excluding carboxylic acids is 3. The number of Topliss-reactive ketones (excluding diaryl/α,β-unsaturated/α-hetero) is 1. The highest BCUT2D eigenvalue weighted by Gasteiger charge is 2.31. The number of primary amides is 1. The fraction of sp³-hybridized carbons (Fsp3) is 0.414. The smallest absolute Gasteiger partial charge is 0.228 e. The van der Waals surface area contributed by atoms with Gasteiger partial charge in [-0.15, -0.1) is 0 Å². The van der Waals surface area contributed by atoms with Crippen molar-refractivity contribution in [1.29, 1.82) is 0 Å². The average molecular weight is 505 g/mol. The molecule has 2 heterocycles. The summed E-state index contributed by atoms with van der Waals surface area (Å²) in [6.07, 6.45) is 5.17. The summed E-state index contributed by atoms with van der Waals surface area (Å²) in [6.45, 7) is 7.49. The molecular formula is C29H36N4O4. The molecule has 0 radical (unpaired) electrons. The molecule has 3 N–H and O–H groups in total. The standard InChI is InChI=1S/C29H36N4O4/c1-19(2)17-23-26(37-27(33-23)21-11-8-16-31-18-21)25(35)22(13-12-20-9-6-5-7-10-20)32-24(34)14-15-29(3,4)28(30)36/h5-11,16,18-19,22H,12-15,17H2,1-4H3,(H2,30,36)(H,32,34). The summed E-state index contributed by atoms with van der Waals surface area (Å²) in [7, 11) is 0. The molecule has 37 heavy (non-hydrogen) atoms. The normalized spacial score (nSPS) is 12.4. The van der Waals surface area contributed by atoms with Crippen LogP contribution >= 0.6 is 0 Å². The number of benzene rings is 1. The molecule has 3 aromatic rings. The van der Waals surface area contributed by atoms with Crippen LogP contribution in [0.5, 0.6) is 0 Å². The third-order valence-electron chi connectivity index (χ3n) is 6.29. The molecule has 2 amide bonds. The third kappa shape index (κ3) is 7.84. The molecule has 1 aromatic carbocycles. The zero-order chi connectivity index (χ0) is 27.0. The molecule has 1 atom stereocenters. The summed E-state index contributed by atoms with van der Waals surface area (Å²) in [5.41, 5.74) is 6.92. The van der Waals surface area contributed by atoms with Crippen molar-refractivity contribution < 1.29 is 18.8 Å². The predicted molar refractivity (Wildman–Crippen MR) is 142 cm³/mol. The number of amides is 2. The van der Waals surface area contributed by atoms with E-state index in [1.54, 1.807) is 32.3 Å². The Balaban J connectivity index is 1.87. The van der Waals surface area contributed by atoms with Crippen molar-refractivity contribution in [2.45, 2.75) is 65.8 Å². The van der Waals surface area contributed by atoms with Crippen LogP contribution in [0.15, 0.2) is 59.3 Å². The summed E-state index contributed by atoms with van der Waals surface area (Å²) < 4.78 is 6.01. The Morgan fingerprint density at radius 3 is 2.43 bits per heavy atom. The van der Waals surface area contributed by atoms with Gasteiger partial charge >= 0.3 is 0 Å². The van der Waals surface area contributed by atoms with Gasteiger partial charge in [0.2, 0.25) is 23.5 Å². The molecule has 0 bridgehead atoms. The first-order valence-corrected chi connectivity index (χ1v) is 12.6. The summed E-state index contributed by atoms with van der Waals surface area (Å²) in [5.74, 6) is -0.395. The molecule has 0 spiro atoms. The Morgan fingerprint density at radius 1 is 1.08 bits per heavy atom. The zero-order valence-corrected chi connectivity index (χ0v) is 22.0. The van der Waals surface area contributed by atoms with Gasteiger partial charge in [-0.2, -0.15) is 0 Å². The van der Waals surface area contributed by atoms with Gasteiger partial charge in [0.1, 0.15) is 0 Å². The van der Waals surface area contributed by atoms with E-state index in [0.717, 1.165) is 5.56 Å². The number of nitrogens with one attached hydrogen (secondary N) is 1. The molecule has 0 saturated heterocycles. The number of carbonyl (C=O) groups is 3. The van der Waals surface area contributed by atoms with Gasteiger partial charge in [-0.1, -0.05) is 58.0 Å². The molecule has 0 saturated carbocycles. The van der Waals surface area contributed by atoms with E-state index in [1.807, 2.05) is 50.2 Å². The Morgan fingerprint density at radius 2 is 1.81 bits per heavy atom. The van der Waals surface area contributed by atoms with Crippen molar-refractivity contribution >= 4 is 17.6 Å². The Hall–Kier alpha value is -3.81. The van der Waals surface area contributed by atoms with Crippen LogP contribution in [0.3, 0.4) is 0 Å². The Kier molecular flexibility index (Phi) is 9.33. The maximum absolute atomic E-state index is 13.8. The van der Waals surface area contributed by atoms with E-state index in [1.165, 1.54) is 0 Å². The lowest BCUT2D eigenvalue weighted by Crippen LogP contribution is -2.42. The maximum atomic E-state index is 13.8. The van der Waals surface area contributed by atoms with Gasteiger partial charge < -0.3 is 15.5 Å². The van der Waals surface area contributed by atoms with E-state index in [4.69, 9.17) is 10.2 Å². The fourth-order valence-electron chi connectivity index (χ4n) is 3.88. The number of oxazole rings is 1. The molecule has 8 heteroatoms. The number of aromatic nitrogens is 2. The van der Waals surface area contributed by atoms with Gasteiger partial charge in [0.15, 0.2) is 5.76 Å². The van der Waals surface area contributed by atoms with Crippen molar-refractivity contribution in [1.82, 2.24) is 15.3 Å². The number of rotatable bonds is 13. The van der Waals surface area contributed by atoms with Crippen molar-refractivity contribution in [3.63, 3.8) is 0 Å². The van der Waals surface area contributed by atoms with Crippen molar-refractivity contribution in [2.75, 3.05) is 0 Å². The first-order chi connectivity index (χ1) is 17.6. The van der Waals surface area contributed by atoms with Gasteiger partial charge in [0, 0.05) is 24.2 Å². The molecule has 2 aromatic heterocycles. The Labute approximate surface area is 218 Å². The number of nitrogens with two attached hydrogens (primary N) is 1. The lowest BCUT2D eigenvalue weighted by Gasteiger charge is -2.21. The quantitative estimate of drug-likeness (QED) is 0.329. The highest BCUT2D eigenvalue weighted by molar-refractivity contribution is 6.01. The molecule has 196 valence electrons. The summed E-state index contributed by atoms with van der Waals surface area (Å²) in [6, 6.07) is 12.6. The van der Waals surface area contributed by atoms with Gasteiger partial charge in [-0.05, 0) is 49.3 Å².